The average Bonchev–Trinajstić information content (AvgIpc) is 2.25. The predicted octanol–water partition coefficient (Wildman–Crippen LogP) is 0.454. The van der Waals surface area contributed by atoms with E-state index < -0.39 is 24.6 Å². The zero-order valence-corrected chi connectivity index (χ0v) is 10.0. The van der Waals surface area contributed by atoms with Crippen LogP contribution in [0, 0.1) is 0 Å². The van der Waals surface area contributed by atoms with Crippen LogP contribution in [0.15, 0.2) is 0 Å². The van der Waals surface area contributed by atoms with Crippen LogP contribution in [-0.4, -0.2) is 40.4 Å². The van der Waals surface area contributed by atoms with Crippen LogP contribution < -0.4 is 10.6 Å². The molecular weight excluding hydrogens is 224 g/mol. The molecule has 0 spiro atoms. The number of carbonyl (C=O) groups is 2. The van der Waals surface area contributed by atoms with Crippen molar-refractivity contribution in [1.29, 1.82) is 0 Å². The van der Waals surface area contributed by atoms with Crippen molar-refractivity contribution in [2.75, 3.05) is 6.61 Å². The summed E-state index contributed by atoms with van der Waals surface area (Å²) in [6, 6.07) is -1.78. The quantitative estimate of drug-likeness (QED) is 0.577. The Bertz CT molecular complexity index is 287. The predicted molar refractivity (Wildman–Crippen MR) is 61.7 cm³/mol. The molecule has 0 saturated heterocycles. The van der Waals surface area contributed by atoms with Gasteiger partial charge in [-0.25, -0.2) is 9.59 Å². The van der Waals surface area contributed by atoms with E-state index in [0.29, 0.717) is 0 Å². The molecule has 17 heavy (non-hydrogen) atoms. The van der Waals surface area contributed by atoms with E-state index in [-0.39, 0.29) is 5.54 Å². The first kappa shape index (κ1) is 13.8. The van der Waals surface area contributed by atoms with E-state index in [9.17, 15) is 9.59 Å². The third kappa shape index (κ3) is 4.22. The largest absolute Gasteiger partial charge is 0.480 e. The lowest BCUT2D eigenvalue weighted by Gasteiger charge is -2.34. The van der Waals surface area contributed by atoms with Crippen molar-refractivity contribution in [3.8, 4) is 0 Å². The highest BCUT2D eigenvalue weighted by molar-refractivity contribution is 5.82. The van der Waals surface area contributed by atoms with Gasteiger partial charge < -0.3 is 20.8 Å². The number of hydrogen-bond acceptors (Lipinski definition) is 3. The lowest BCUT2D eigenvalue weighted by Crippen LogP contribution is -2.55. The number of hydrogen-bond donors (Lipinski definition) is 4. The molecule has 0 bridgehead atoms. The van der Waals surface area contributed by atoms with Crippen molar-refractivity contribution >= 4 is 12.0 Å². The number of carbonyl (C=O) groups excluding carboxylic acids is 1. The molecule has 6 heteroatoms. The highest BCUT2D eigenvalue weighted by Gasteiger charge is 2.29. The number of carboxylic acid groups (broad SMARTS) is 1. The van der Waals surface area contributed by atoms with E-state index in [2.05, 4.69) is 10.6 Å². The van der Waals surface area contributed by atoms with Crippen LogP contribution in [0.1, 0.15) is 39.0 Å². The molecule has 0 unspecified atom stereocenters. The smallest absolute Gasteiger partial charge is 0.328 e. The fraction of sp³-hybridized carbons (Fsp3) is 0.818. The normalized spacial score (nSPS) is 20.4. The van der Waals surface area contributed by atoms with Crippen LogP contribution in [0.25, 0.3) is 0 Å². The second-order valence-electron chi connectivity index (χ2n) is 4.79. The van der Waals surface area contributed by atoms with Crippen LogP contribution in [0.5, 0.6) is 0 Å². The van der Waals surface area contributed by atoms with Gasteiger partial charge in [-0.15, -0.1) is 0 Å². The zero-order chi connectivity index (χ0) is 12.9. The molecule has 1 saturated carbocycles. The van der Waals surface area contributed by atoms with Crippen molar-refractivity contribution in [2.24, 2.45) is 0 Å². The van der Waals surface area contributed by atoms with Crippen molar-refractivity contribution in [3.63, 3.8) is 0 Å². The third-order valence-corrected chi connectivity index (χ3v) is 3.16. The van der Waals surface area contributed by atoms with Crippen molar-refractivity contribution in [3.05, 3.63) is 0 Å². The summed E-state index contributed by atoms with van der Waals surface area (Å²) in [5.41, 5.74) is -0.263. The molecule has 0 heterocycles. The lowest BCUT2D eigenvalue weighted by molar-refractivity contribution is -0.140. The number of carboxylic acids is 1. The van der Waals surface area contributed by atoms with E-state index in [4.69, 9.17) is 10.2 Å². The van der Waals surface area contributed by atoms with Gasteiger partial charge in [-0.2, -0.15) is 0 Å². The van der Waals surface area contributed by atoms with E-state index in [1.54, 1.807) is 0 Å². The Hall–Kier alpha value is -1.30. The second-order valence-corrected chi connectivity index (χ2v) is 4.79. The van der Waals surface area contributed by atoms with Crippen molar-refractivity contribution in [1.82, 2.24) is 10.6 Å². The Morgan fingerprint density at radius 2 is 1.88 bits per heavy atom. The second kappa shape index (κ2) is 5.86. The first-order chi connectivity index (χ1) is 7.97. The first-order valence-corrected chi connectivity index (χ1v) is 5.89. The molecule has 1 rings (SSSR count). The van der Waals surface area contributed by atoms with Gasteiger partial charge in [0.2, 0.25) is 0 Å². The summed E-state index contributed by atoms with van der Waals surface area (Å²) in [7, 11) is 0. The summed E-state index contributed by atoms with van der Waals surface area (Å²) in [4.78, 5) is 22.2. The number of nitrogens with one attached hydrogen (secondary N) is 2. The van der Waals surface area contributed by atoms with Gasteiger partial charge in [0.25, 0.3) is 0 Å². The number of rotatable bonds is 4. The Labute approximate surface area is 100 Å². The number of amides is 2. The van der Waals surface area contributed by atoms with Crippen LogP contribution in [0.2, 0.25) is 0 Å². The molecule has 98 valence electrons. The van der Waals surface area contributed by atoms with Gasteiger partial charge in [0.15, 0.2) is 6.04 Å². The summed E-state index contributed by atoms with van der Waals surface area (Å²) in [6.07, 6.45) is 5.11. The maximum Gasteiger partial charge on any atom is 0.328 e. The van der Waals surface area contributed by atoms with Gasteiger partial charge in [0.05, 0.1) is 6.61 Å². The van der Waals surface area contributed by atoms with E-state index >= 15 is 0 Å². The molecule has 0 aromatic rings. The standard InChI is InChI=1S/C11H20N2O4/c1-11(5-3-2-4-6-11)13-10(17)12-8(7-14)9(15)16/h8,14H,2-7H2,1H3,(H,15,16)(H2,12,13,17)/t8-/m1/s1. The third-order valence-electron chi connectivity index (χ3n) is 3.16. The van der Waals surface area contributed by atoms with Gasteiger partial charge in [0, 0.05) is 5.54 Å². The van der Waals surface area contributed by atoms with E-state index in [1.807, 2.05) is 6.92 Å². The van der Waals surface area contributed by atoms with Gasteiger partial charge >= 0.3 is 12.0 Å². The van der Waals surface area contributed by atoms with Gasteiger partial charge in [-0.1, -0.05) is 19.3 Å². The maximum absolute atomic E-state index is 11.6. The van der Waals surface area contributed by atoms with Crippen molar-refractivity contribution < 1.29 is 19.8 Å². The minimum absolute atomic E-state index is 0.263. The molecule has 0 aromatic heterocycles. The molecule has 0 aromatic carbocycles. The summed E-state index contributed by atoms with van der Waals surface area (Å²) in [5.74, 6) is -1.24. The number of urea groups is 1. The number of aliphatic carboxylic acids is 1. The minimum Gasteiger partial charge on any atom is -0.480 e. The Balaban J connectivity index is 2.45. The highest BCUT2D eigenvalue weighted by atomic mass is 16.4. The zero-order valence-electron chi connectivity index (χ0n) is 10.0. The fourth-order valence-corrected chi connectivity index (χ4v) is 2.11. The first-order valence-electron chi connectivity index (χ1n) is 5.89. The minimum atomic E-state index is -1.25. The molecule has 6 nitrogen and oxygen atoms in total. The lowest BCUT2D eigenvalue weighted by atomic mass is 9.83. The molecule has 1 atom stereocenters. The van der Waals surface area contributed by atoms with Gasteiger partial charge in [-0.3, -0.25) is 0 Å². The van der Waals surface area contributed by atoms with E-state index in [1.165, 1.54) is 6.42 Å². The maximum atomic E-state index is 11.6. The molecule has 1 aliphatic rings. The van der Waals surface area contributed by atoms with Crippen LogP contribution in [0.3, 0.4) is 0 Å². The van der Waals surface area contributed by atoms with Gasteiger partial charge in [-0.05, 0) is 19.8 Å². The summed E-state index contributed by atoms with van der Waals surface area (Å²) in [5, 5.41) is 22.5. The molecule has 2 amide bonds. The number of aliphatic hydroxyl groups excluding tert-OH is 1. The van der Waals surface area contributed by atoms with Crippen molar-refractivity contribution in [2.45, 2.75) is 50.6 Å². The monoisotopic (exact) mass is 244 g/mol. The fourth-order valence-electron chi connectivity index (χ4n) is 2.11. The number of aliphatic hydroxyl groups is 1. The van der Waals surface area contributed by atoms with Crippen LogP contribution >= 0.6 is 0 Å². The molecule has 0 radical (unpaired) electrons. The Morgan fingerprint density at radius 3 is 2.35 bits per heavy atom. The summed E-state index contributed by atoms with van der Waals surface area (Å²) >= 11 is 0. The highest BCUT2D eigenvalue weighted by Crippen LogP contribution is 2.27. The van der Waals surface area contributed by atoms with Gasteiger partial charge in [0.1, 0.15) is 0 Å². The van der Waals surface area contributed by atoms with Crippen LogP contribution in [0.4, 0.5) is 4.79 Å². The molecule has 0 aliphatic heterocycles. The van der Waals surface area contributed by atoms with E-state index in [0.717, 1.165) is 25.7 Å². The molecule has 1 aliphatic carbocycles. The van der Waals surface area contributed by atoms with Crippen LogP contribution in [-0.2, 0) is 4.79 Å². The SMILES string of the molecule is CC1(NC(=O)N[C@H](CO)C(=O)O)CCCCC1. The summed E-state index contributed by atoms with van der Waals surface area (Å²) < 4.78 is 0. The Kier molecular flexibility index (Phi) is 4.74. The Morgan fingerprint density at radius 1 is 1.29 bits per heavy atom. The molecular formula is C11H20N2O4. The summed E-state index contributed by atoms with van der Waals surface area (Å²) in [6.45, 7) is 1.35. The topological polar surface area (TPSA) is 98.7 Å². The molecule has 1 fully saturated rings. The average molecular weight is 244 g/mol. The molecule has 4 N–H and O–H groups in total.